The lowest BCUT2D eigenvalue weighted by Gasteiger charge is -2.35. The molecular formula is C26H24O6. The van der Waals surface area contributed by atoms with Crippen molar-refractivity contribution in [2.75, 3.05) is 21.3 Å². The van der Waals surface area contributed by atoms with Gasteiger partial charge in [0.1, 0.15) is 34.8 Å². The van der Waals surface area contributed by atoms with Gasteiger partial charge in [-0.2, -0.15) is 0 Å². The standard InChI is InChI=1S/C26H24O6/c1-29-19-11-9-17(10-12-19)21(13-14-27)26(18-7-5-4-6-8-18)25(28)24-22(31-3)15-20(30-2)16-23(24)32-26/h4-12,14-16,21H,13H2,1-3H3/t21-,26-/m0/s1. The number of rotatable bonds is 8. The molecule has 0 radical (unpaired) electrons. The molecule has 164 valence electrons. The highest BCUT2D eigenvalue weighted by Crippen LogP contribution is 2.53. The van der Waals surface area contributed by atoms with Crippen LogP contribution in [-0.2, 0) is 10.4 Å². The smallest absolute Gasteiger partial charge is 0.219 e. The summed E-state index contributed by atoms with van der Waals surface area (Å²) in [5, 5.41) is 0. The molecule has 3 aromatic rings. The Hall–Kier alpha value is -3.80. The number of ketones is 1. The van der Waals surface area contributed by atoms with Gasteiger partial charge in [0.05, 0.1) is 21.3 Å². The number of carbonyl (C=O) groups is 2. The molecule has 1 aliphatic rings. The maximum absolute atomic E-state index is 14.1. The Kier molecular flexibility index (Phi) is 5.86. The van der Waals surface area contributed by atoms with Crippen molar-refractivity contribution < 1.29 is 28.5 Å². The van der Waals surface area contributed by atoms with Gasteiger partial charge in [-0.15, -0.1) is 0 Å². The number of aldehydes is 1. The highest BCUT2D eigenvalue weighted by Gasteiger charge is 2.56. The zero-order chi connectivity index (χ0) is 22.7. The van der Waals surface area contributed by atoms with Gasteiger partial charge in [-0.1, -0.05) is 42.5 Å². The topological polar surface area (TPSA) is 71.1 Å². The Morgan fingerprint density at radius 2 is 1.59 bits per heavy atom. The largest absolute Gasteiger partial charge is 0.497 e. The lowest BCUT2D eigenvalue weighted by atomic mass is 9.72. The van der Waals surface area contributed by atoms with E-state index in [9.17, 15) is 9.59 Å². The maximum Gasteiger partial charge on any atom is 0.219 e. The lowest BCUT2D eigenvalue weighted by molar-refractivity contribution is -0.109. The quantitative estimate of drug-likeness (QED) is 0.486. The molecule has 0 aromatic heterocycles. The minimum Gasteiger partial charge on any atom is -0.497 e. The second kappa shape index (κ2) is 8.75. The van der Waals surface area contributed by atoms with Crippen LogP contribution < -0.4 is 18.9 Å². The highest BCUT2D eigenvalue weighted by atomic mass is 16.5. The van der Waals surface area contributed by atoms with E-state index in [2.05, 4.69) is 0 Å². The lowest BCUT2D eigenvalue weighted by Crippen LogP contribution is -2.43. The molecule has 0 N–H and O–H groups in total. The van der Waals surface area contributed by atoms with Crippen LogP contribution in [0, 0.1) is 0 Å². The number of fused-ring (bicyclic) bond motifs is 1. The first-order valence-corrected chi connectivity index (χ1v) is 10.2. The van der Waals surface area contributed by atoms with Crippen LogP contribution in [0.1, 0.15) is 33.8 Å². The summed E-state index contributed by atoms with van der Waals surface area (Å²) in [4.78, 5) is 25.9. The average molecular weight is 432 g/mol. The van der Waals surface area contributed by atoms with Crippen LogP contribution in [0.25, 0.3) is 0 Å². The normalized spacial score (nSPS) is 17.8. The third-order valence-electron chi connectivity index (χ3n) is 5.87. The van der Waals surface area contributed by atoms with E-state index in [4.69, 9.17) is 18.9 Å². The van der Waals surface area contributed by atoms with E-state index in [0.717, 1.165) is 11.8 Å². The van der Waals surface area contributed by atoms with E-state index in [0.29, 0.717) is 34.1 Å². The van der Waals surface area contributed by atoms with Crippen molar-refractivity contribution in [1.82, 2.24) is 0 Å². The van der Waals surface area contributed by atoms with Crippen molar-refractivity contribution in [2.45, 2.75) is 17.9 Å². The number of hydrogen-bond donors (Lipinski definition) is 0. The summed E-state index contributed by atoms with van der Waals surface area (Å²) in [7, 11) is 4.62. The molecule has 3 aromatic carbocycles. The number of methoxy groups -OCH3 is 3. The first-order valence-electron chi connectivity index (χ1n) is 10.2. The SMILES string of the molecule is COc1ccc([C@H](CC=O)[C@]2(c3ccccc3)Oc3cc(OC)cc(OC)c3C2=O)cc1. The van der Waals surface area contributed by atoms with Crippen LogP contribution in [0.2, 0.25) is 0 Å². The molecule has 0 bridgehead atoms. The van der Waals surface area contributed by atoms with Crippen LogP contribution in [-0.4, -0.2) is 33.4 Å². The zero-order valence-corrected chi connectivity index (χ0v) is 18.2. The van der Waals surface area contributed by atoms with Gasteiger partial charge in [-0.3, -0.25) is 4.79 Å². The van der Waals surface area contributed by atoms with E-state index in [1.807, 2.05) is 54.6 Å². The predicted molar refractivity (Wildman–Crippen MR) is 119 cm³/mol. The molecule has 0 spiro atoms. The Morgan fingerprint density at radius 1 is 0.906 bits per heavy atom. The van der Waals surface area contributed by atoms with Crippen molar-refractivity contribution in [3.63, 3.8) is 0 Å². The Labute approximate surface area is 186 Å². The van der Waals surface area contributed by atoms with E-state index in [-0.39, 0.29) is 12.2 Å². The van der Waals surface area contributed by atoms with Gasteiger partial charge in [0.15, 0.2) is 0 Å². The zero-order valence-electron chi connectivity index (χ0n) is 18.2. The van der Waals surface area contributed by atoms with E-state index in [1.54, 1.807) is 19.2 Å². The fraction of sp³-hybridized carbons (Fsp3) is 0.231. The molecule has 0 fully saturated rings. The molecule has 0 amide bonds. The molecular weight excluding hydrogens is 408 g/mol. The molecule has 0 saturated carbocycles. The molecule has 2 atom stereocenters. The second-order valence-electron chi connectivity index (χ2n) is 7.46. The molecule has 6 nitrogen and oxygen atoms in total. The monoisotopic (exact) mass is 432 g/mol. The molecule has 0 unspecified atom stereocenters. The third kappa shape index (κ3) is 3.38. The van der Waals surface area contributed by atoms with Gasteiger partial charge in [-0.05, 0) is 17.7 Å². The summed E-state index contributed by atoms with van der Waals surface area (Å²) in [6.07, 6.45) is 0.900. The molecule has 6 heteroatoms. The first-order chi connectivity index (χ1) is 15.6. The summed E-state index contributed by atoms with van der Waals surface area (Å²) in [6, 6.07) is 19.9. The van der Waals surface area contributed by atoms with Crippen molar-refractivity contribution >= 4 is 12.1 Å². The minimum atomic E-state index is -1.45. The number of benzene rings is 3. The first kappa shape index (κ1) is 21.4. The summed E-state index contributed by atoms with van der Waals surface area (Å²) < 4.78 is 22.7. The van der Waals surface area contributed by atoms with E-state index < -0.39 is 11.5 Å². The number of carbonyl (C=O) groups excluding carboxylic acids is 2. The van der Waals surface area contributed by atoms with E-state index >= 15 is 0 Å². The molecule has 1 aliphatic heterocycles. The average Bonchev–Trinajstić information content (AvgIpc) is 3.15. The number of Topliss-reactive ketones (excluding diaryl/α,β-unsaturated/α-hetero) is 1. The third-order valence-corrected chi connectivity index (χ3v) is 5.87. The predicted octanol–water partition coefficient (Wildman–Crippen LogP) is 4.56. The van der Waals surface area contributed by atoms with Crippen LogP contribution in [0.5, 0.6) is 23.0 Å². The van der Waals surface area contributed by atoms with Crippen LogP contribution in [0.3, 0.4) is 0 Å². The molecule has 0 aliphatic carbocycles. The summed E-state index contributed by atoms with van der Waals surface area (Å²) in [5.74, 6) is 1.07. The number of hydrogen-bond acceptors (Lipinski definition) is 6. The summed E-state index contributed by atoms with van der Waals surface area (Å²) in [6.45, 7) is 0. The summed E-state index contributed by atoms with van der Waals surface area (Å²) >= 11 is 0. The van der Waals surface area contributed by atoms with E-state index in [1.165, 1.54) is 14.2 Å². The fourth-order valence-electron chi connectivity index (χ4n) is 4.33. The fourth-order valence-corrected chi connectivity index (χ4v) is 4.33. The maximum atomic E-state index is 14.1. The number of ether oxygens (including phenoxy) is 4. The summed E-state index contributed by atoms with van der Waals surface area (Å²) in [5.41, 5.74) is 0.332. The van der Waals surface area contributed by atoms with Gasteiger partial charge in [-0.25, -0.2) is 0 Å². The Balaban J connectivity index is 1.96. The van der Waals surface area contributed by atoms with Crippen LogP contribution in [0.15, 0.2) is 66.7 Å². The van der Waals surface area contributed by atoms with Crippen molar-refractivity contribution in [1.29, 1.82) is 0 Å². The van der Waals surface area contributed by atoms with Crippen molar-refractivity contribution in [3.8, 4) is 23.0 Å². The van der Waals surface area contributed by atoms with Gasteiger partial charge < -0.3 is 23.7 Å². The Bertz CT molecular complexity index is 1120. The molecule has 32 heavy (non-hydrogen) atoms. The van der Waals surface area contributed by atoms with Gasteiger partial charge in [0.2, 0.25) is 11.4 Å². The molecule has 0 saturated heterocycles. The Morgan fingerprint density at radius 3 is 2.19 bits per heavy atom. The minimum absolute atomic E-state index is 0.0837. The highest BCUT2D eigenvalue weighted by molar-refractivity contribution is 6.11. The molecule has 1 heterocycles. The second-order valence-corrected chi connectivity index (χ2v) is 7.46. The van der Waals surface area contributed by atoms with Crippen molar-refractivity contribution in [2.24, 2.45) is 0 Å². The van der Waals surface area contributed by atoms with Crippen LogP contribution >= 0.6 is 0 Å². The van der Waals surface area contributed by atoms with Gasteiger partial charge >= 0.3 is 0 Å². The van der Waals surface area contributed by atoms with Crippen molar-refractivity contribution in [3.05, 3.63) is 83.4 Å². The molecule has 4 rings (SSSR count). The van der Waals surface area contributed by atoms with Gasteiger partial charge in [0.25, 0.3) is 0 Å². The van der Waals surface area contributed by atoms with Gasteiger partial charge in [0, 0.05) is 30.0 Å². The van der Waals surface area contributed by atoms with Crippen LogP contribution in [0.4, 0.5) is 0 Å².